The summed E-state index contributed by atoms with van der Waals surface area (Å²) in [5.41, 5.74) is 2.54. The Balaban J connectivity index is 1.50. The van der Waals surface area contributed by atoms with Crippen molar-refractivity contribution in [3.8, 4) is 0 Å². The minimum absolute atomic E-state index is 0.0997. The van der Waals surface area contributed by atoms with Gasteiger partial charge in [-0.3, -0.25) is 4.79 Å². The van der Waals surface area contributed by atoms with E-state index in [0.717, 1.165) is 43.1 Å². The number of hydrogen-bond donors (Lipinski definition) is 0. The zero-order chi connectivity index (χ0) is 21.9. The summed E-state index contributed by atoms with van der Waals surface area (Å²) in [5, 5.41) is -0.306. The predicted molar refractivity (Wildman–Crippen MR) is 124 cm³/mol. The number of hydrogen-bond acceptors (Lipinski definition) is 3. The molecule has 0 radical (unpaired) electrons. The monoisotopic (exact) mass is 432 g/mol. The van der Waals surface area contributed by atoms with Gasteiger partial charge in [0.25, 0.3) is 0 Å². The molecule has 4 heteroatoms. The van der Waals surface area contributed by atoms with E-state index in [0.29, 0.717) is 18.1 Å². The average Bonchev–Trinajstić information content (AvgIpc) is 2.68. The van der Waals surface area contributed by atoms with E-state index in [9.17, 15) is 13.2 Å². The van der Waals surface area contributed by atoms with Crippen molar-refractivity contribution >= 4 is 15.6 Å². The number of ketones is 1. The maximum atomic E-state index is 12.8. The fourth-order valence-corrected chi connectivity index (χ4v) is 7.02. The van der Waals surface area contributed by atoms with Gasteiger partial charge < -0.3 is 0 Å². The molecule has 1 aromatic carbocycles. The van der Waals surface area contributed by atoms with Crippen LogP contribution in [0.2, 0.25) is 0 Å². The van der Waals surface area contributed by atoms with Crippen molar-refractivity contribution in [3.63, 3.8) is 0 Å². The van der Waals surface area contributed by atoms with Crippen LogP contribution >= 0.6 is 0 Å². The van der Waals surface area contributed by atoms with E-state index in [1.165, 1.54) is 24.8 Å². The van der Waals surface area contributed by atoms with E-state index in [-0.39, 0.29) is 22.8 Å². The van der Waals surface area contributed by atoms with Gasteiger partial charge in [-0.1, -0.05) is 38.1 Å². The van der Waals surface area contributed by atoms with Crippen molar-refractivity contribution in [2.75, 3.05) is 5.75 Å². The Hall–Kier alpha value is -1.16. The van der Waals surface area contributed by atoms with Gasteiger partial charge in [-0.15, -0.1) is 0 Å². The van der Waals surface area contributed by atoms with Crippen LogP contribution in [0.5, 0.6) is 0 Å². The van der Waals surface area contributed by atoms with E-state index in [1.807, 2.05) is 0 Å². The van der Waals surface area contributed by atoms with Crippen LogP contribution in [0.4, 0.5) is 0 Å². The first-order valence-corrected chi connectivity index (χ1v) is 13.7. The topological polar surface area (TPSA) is 51.2 Å². The second-order valence-corrected chi connectivity index (χ2v) is 13.2. The molecule has 0 bridgehead atoms. The summed E-state index contributed by atoms with van der Waals surface area (Å²) < 4.78 is 24.3. The number of Topliss-reactive ketones (excluding diaryl/α,β-unsaturated/α-hetero) is 1. The number of rotatable bonds is 7. The van der Waals surface area contributed by atoms with Gasteiger partial charge in [0.15, 0.2) is 9.84 Å². The molecule has 1 aromatic rings. The molecule has 0 aliphatic heterocycles. The Morgan fingerprint density at radius 1 is 0.933 bits per heavy atom. The predicted octanol–water partition coefficient (Wildman–Crippen LogP) is 5.97. The number of benzene rings is 1. The normalized spacial score (nSPS) is 30.4. The highest BCUT2D eigenvalue weighted by Crippen LogP contribution is 2.39. The SMILES string of the molecule is CC1CC(C)CC(c2ccc(CC(=O)C3CCC(CS(=O)(=O)C(C)C)CC3)cc2)C1. The van der Waals surface area contributed by atoms with E-state index in [4.69, 9.17) is 0 Å². The van der Waals surface area contributed by atoms with Gasteiger partial charge in [-0.2, -0.15) is 0 Å². The maximum absolute atomic E-state index is 12.8. The lowest BCUT2D eigenvalue weighted by Gasteiger charge is -2.31. The molecule has 30 heavy (non-hydrogen) atoms. The minimum Gasteiger partial charge on any atom is -0.299 e. The molecule has 0 N–H and O–H groups in total. The molecule has 2 aliphatic rings. The molecule has 2 fully saturated rings. The standard InChI is InChI=1S/C26H40O3S/c1-18(2)30(28,29)17-22-7-11-24(12-8-22)26(27)16-21-5-9-23(10-6-21)25-14-19(3)13-20(4)15-25/h5-6,9-10,18-20,22,24-25H,7-8,11-17H2,1-4H3. The fourth-order valence-electron chi connectivity index (χ4n) is 5.64. The first kappa shape index (κ1) is 23.5. The smallest absolute Gasteiger partial charge is 0.152 e. The lowest BCUT2D eigenvalue weighted by Crippen LogP contribution is -2.29. The zero-order valence-corrected chi connectivity index (χ0v) is 20.1. The molecule has 2 saturated carbocycles. The highest BCUT2D eigenvalue weighted by atomic mass is 32.2. The third-order valence-electron chi connectivity index (χ3n) is 7.50. The van der Waals surface area contributed by atoms with Gasteiger partial charge in [-0.05, 0) is 93.6 Å². The van der Waals surface area contributed by atoms with Crippen LogP contribution in [0.1, 0.15) is 89.7 Å². The Morgan fingerprint density at radius 3 is 2.03 bits per heavy atom. The first-order valence-electron chi connectivity index (χ1n) is 12.0. The molecule has 0 amide bonds. The van der Waals surface area contributed by atoms with E-state index >= 15 is 0 Å². The summed E-state index contributed by atoms with van der Waals surface area (Å²) in [6, 6.07) is 8.79. The van der Waals surface area contributed by atoms with Gasteiger partial charge in [0, 0.05) is 12.3 Å². The van der Waals surface area contributed by atoms with Gasteiger partial charge >= 0.3 is 0 Å². The van der Waals surface area contributed by atoms with Crippen LogP contribution in [0.25, 0.3) is 0 Å². The third-order valence-corrected chi connectivity index (χ3v) is 9.87. The third kappa shape index (κ3) is 6.18. The molecule has 168 valence electrons. The molecule has 2 atom stereocenters. The Bertz CT molecular complexity index is 791. The van der Waals surface area contributed by atoms with E-state index in [2.05, 4.69) is 38.1 Å². The number of sulfone groups is 1. The second kappa shape index (κ2) is 9.97. The molecule has 3 nitrogen and oxygen atoms in total. The fraction of sp³-hybridized carbons (Fsp3) is 0.731. The van der Waals surface area contributed by atoms with Crippen LogP contribution in [0.15, 0.2) is 24.3 Å². The summed E-state index contributed by atoms with van der Waals surface area (Å²) in [6.07, 6.45) is 7.81. The Morgan fingerprint density at radius 2 is 1.50 bits per heavy atom. The second-order valence-electron chi connectivity index (χ2n) is 10.6. The molecule has 2 unspecified atom stereocenters. The van der Waals surface area contributed by atoms with Gasteiger partial charge in [-0.25, -0.2) is 8.42 Å². The summed E-state index contributed by atoms with van der Waals surface area (Å²) in [6.45, 7) is 8.24. The van der Waals surface area contributed by atoms with Gasteiger partial charge in [0.1, 0.15) is 5.78 Å². The maximum Gasteiger partial charge on any atom is 0.152 e. The van der Waals surface area contributed by atoms with Crippen LogP contribution < -0.4 is 0 Å². The molecule has 0 saturated heterocycles. The van der Waals surface area contributed by atoms with Gasteiger partial charge in [0.2, 0.25) is 0 Å². The number of carbonyl (C=O) groups excluding carboxylic acids is 1. The van der Waals surface area contributed by atoms with Crippen LogP contribution in [-0.2, 0) is 21.1 Å². The summed E-state index contributed by atoms with van der Waals surface area (Å²) in [7, 11) is -2.99. The van der Waals surface area contributed by atoms with Crippen LogP contribution in [-0.4, -0.2) is 25.2 Å². The lowest BCUT2D eigenvalue weighted by molar-refractivity contribution is -0.123. The Kier molecular flexibility index (Phi) is 7.81. The van der Waals surface area contributed by atoms with Crippen molar-refractivity contribution in [2.45, 2.75) is 90.2 Å². The molecular formula is C26H40O3S. The average molecular weight is 433 g/mol. The molecule has 0 aromatic heterocycles. The summed E-state index contributed by atoms with van der Waals surface area (Å²) in [5.74, 6) is 3.18. The van der Waals surface area contributed by atoms with Crippen molar-refractivity contribution in [3.05, 3.63) is 35.4 Å². The highest BCUT2D eigenvalue weighted by Gasteiger charge is 2.30. The largest absolute Gasteiger partial charge is 0.299 e. The molecular weight excluding hydrogens is 392 g/mol. The highest BCUT2D eigenvalue weighted by molar-refractivity contribution is 7.91. The van der Waals surface area contributed by atoms with Crippen molar-refractivity contribution < 1.29 is 13.2 Å². The molecule has 0 spiro atoms. The van der Waals surface area contributed by atoms with Gasteiger partial charge in [0.05, 0.1) is 11.0 Å². The zero-order valence-electron chi connectivity index (χ0n) is 19.3. The first-order chi connectivity index (χ1) is 14.1. The number of carbonyl (C=O) groups is 1. The molecule has 2 aliphatic carbocycles. The molecule has 3 rings (SSSR count). The quantitative estimate of drug-likeness (QED) is 0.533. The van der Waals surface area contributed by atoms with E-state index in [1.54, 1.807) is 13.8 Å². The Labute approximate surface area is 184 Å². The van der Waals surface area contributed by atoms with Crippen molar-refractivity contribution in [1.82, 2.24) is 0 Å². The van der Waals surface area contributed by atoms with Crippen LogP contribution in [0, 0.1) is 23.7 Å². The minimum atomic E-state index is -2.99. The summed E-state index contributed by atoms with van der Waals surface area (Å²) in [4.78, 5) is 12.8. The summed E-state index contributed by atoms with van der Waals surface area (Å²) >= 11 is 0. The van der Waals surface area contributed by atoms with Crippen molar-refractivity contribution in [1.29, 1.82) is 0 Å². The van der Waals surface area contributed by atoms with Crippen LogP contribution in [0.3, 0.4) is 0 Å². The lowest BCUT2D eigenvalue weighted by atomic mass is 9.74. The molecule has 0 heterocycles. The van der Waals surface area contributed by atoms with E-state index < -0.39 is 9.84 Å². The van der Waals surface area contributed by atoms with Crippen molar-refractivity contribution in [2.24, 2.45) is 23.7 Å².